The maximum Gasteiger partial charge on any atom is 0.280 e. The first-order valence-electron chi connectivity index (χ1n) is 11.3. The molecular formula is C24H33N5O6S. The Balaban J connectivity index is 1.73. The molecule has 1 saturated heterocycles. The van der Waals surface area contributed by atoms with Crippen LogP contribution in [0.25, 0.3) is 0 Å². The molecule has 0 radical (unpaired) electrons. The van der Waals surface area contributed by atoms with Crippen LogP contribution in [0.1, 0.15) is 21.5 Å². The Kier molecular flexibility index (Phi) is 8.77. The third-order valence-electron chi connectivity index (χ3n) is 6.01. The van der Waals surface area contributed by atoms with E-state index in [1.54, 1.807) is 27.4 Å². The van der Waals surface area contributed by atoms with Gasteiger partial charge in [-0.05, 0) is 23.8 Å². The highest BCUT2D eigenvalue weighted by atomic mass is 32.2. The molecule has 1 fully saturated rings. The topological polar surface area (TPSA) is 150 Å². The van der Waals surface area contributed by atoms with Gasteiger partial charge in [-0.1, -0.05) is 12.1 Å². The fourth-order valence-corrected chi connectivity index (χ4v) is 4.82. The van der Waals surface area contributed by atoms with E-state index in [2.05, 4.69) is 14.8 Å². The van der Waals surface area contributed by atoms with Crippen molar-refractivity contribution in [3.8, 4) is 17.2 Å². The van der Waals surface area contributed by atoms with E-state index < -0.39 is 15.7 Å². The van der Waals surface area contributed by atoms with Gasteiger partial charge >= 0.3 is 0 Å². The summed E-state index contributed by atoms with van der Waals surface area (Å²) in [5, 5.41) is 0. The van der Waals surface area contributed by atoms with Crippen LogP contribution in [0.4, 0.5) is 0 Å². The number of nitrogens with zero attached hydrogens (tertiary/aromatic N) is 3. The molecule has 0 saturated carbocycles. The third-order valence-corrected chi connectivity index (χ3v) is 7.12. The fourth-order valence-electron chi connectivity index (χ4n) is 4.18. The zero-order valence-corrected chi connectivity index (χ0v) is 21.8. The monoisotopic (exact) mass is 519 g/mol. The van der Waals surface area contributed by atoms with E-state index in [0.717, 1.165) is 38.0 Å². The fraction of sp³-hybridized carbons (Fsp3) is 0.417. The van der Waals surface area contributed by atoms with Crippen LogP contribution in [0.15, 0.2) is 40.2 Å². The molecule has 1 amide bonds. The first-order valence-corrected chi connectivity index (χ1v) is 13.2. The molecule has 0 aromatic heterocycles. The van der Waals surface area contributed by atoms with Crippen molar-refractivity contribution in [3.63, 3.8) is 0 Å². The van der Waals surface area contributed by atoms with Crippen LogP contribution in [0, 0.1) is 0 Å². The minimum absolute atomic E-state index is 0.0362. The molecule has 2 aromatic carbocycles. The molecule has 0 unspecified atom stereocenters. The Morgan fingerprint density at radius 2 is 1.44 bits per heavy atom. The predicted molar refractivity (Wildman–Crippen MR) is 136 cm³/mol. The number of amides is 1. The molecule has 2 aromatic rings. The van der Waals surface area contributed by atoms with Gasteiger partial charge < -0.3 is 25.7 Å². The van der Waals surface area contributed by atoms with E-state index in [1.807, 2.05) is 12.1 Å². The molecule has 4 N–H and O–H groups in total. The molecule has 3 rings (SSSR count). The summed E-state index contributed by atoms with van der Waals surface area (Å²) in [4.78, 5) is 20.8. The van der Waals surface area contributed by atoms with Gasteiger partial charge in [0, 0.05) is 56.7 Å². The highest BCUT2D eigenvalue weighted by Crippen LogP contribution is 2.40. The van der Waals surface area contributed by atoms with Crippen LogP contribution < -0.4 is 25.7 Å². The largest absolute Gasteiger partial charge is 0.493 e. The molecule has 12 heteroatoms. The Hall–Kier alpha value is -3.35. The van der Waals surface area contributed by atoms with Gasteiger partial charge in [0.1, 0.15) is 0 Å². The van der Waals surface area contributed by atoms with Gasteiger partial charge in [0.2, 0.25) is 5.75 Å². The molecule has 0 atom stereocenters. The Bertz CT molecular complexity index is 1240. The van der Waals surface area contributed by atoms with Crippen molar-refractivity contribution >= 4 is 21.7 Å². The van der Waals surface area contributed by atoms with Gasteiger partial charge in [-0.3, -0.25) is 14.6 Å². The summed E-state index contributed by atoms with van der Waals surface area (Å²) >= 11 is 0. The number of hydrogen-bond donors (Lipinski definition) is 2. The number of rotatable bonds is 9. The summed E-state index contributed by atoms with van der Waals surface area (Å²) in [5.74, 6) is 0.764. The maximum absolute atomic E-state index is 12.6. The van der Waals surface area contributed by atoms with Gasteiger partial charge in [0.05, 0.1) is 26.2 Å². The lowest BCUT2D eigenvalue weighted by Gasteiger charge is -2.35. The lowest BCUT2D eigenvalue weighted by Crippen LogP contribution is -2.45. The number of carbonyl (C=O) groups is 1. The molecule has 11 nitrogen and oxygen atoms in total. The van der Waals surface area contributed by atoms with Crippen molar-refractivity contribution in [1.82, 2.24) is 9.80 Å². The number of benzene rings is 2. The molecular weight excluding hydrogens is 486 g/mol. The first-order chi connectivity index (χ1) is 17.1. The molecule has 0 spiro atoms. The molecule has 0 bridgehead atoms. The number of ether oxygens (including phenoxy) is 3. The Morgan fingerprint density at radius 1 is 0.889 bits per heavy atom. The second kappa shape index (κ2) is 11.6. The zero-order chi connectivity index (χ0) is 26.5. The average Bonchev–Trinajstić information content (AvgIpc) is 2.83. The van der Waals surface area contributed by atoms with Gasteiger partial charge in [-0.25, -0.2) is 8.42 Å². The second-order valence-corrected chi connectivity index (χ2v) is 10.5. The van der Waals surface area contributed by atoms with Crippen molar-refractivity contribution in [2.75, 3.05) is 53.8 Å². The van der Waals surface area contributed by atoms with E-state index in [0.29, 0.717) is 35.9 Å². The number of nitrogens with two attached hydrogens (primary N) is 2. The Morgan fingerprint density at radius 3 is 1.94 bits per heavy atom. The van der Waals surface area contributed by atoms with E-state index in [9.17, 15) is 13.2 Å². The molecule has 0 aliphatic carbocycles. The predicted octanol–water partition coefficient (Wildman–Crippen LogP) is 0.847. The summed E-state index contributed by atoms with van der Waals surface area (Å²) in [6.45, 7) is 4.21. The molecule has 196 valence electrons. The molecule has 36 heavy (non-hydrogen) atoms. The highest BCUT2D eigenvalue weighted by Gasteiger charge is 2.23. The number of piperazine rings is 1. The summed E-state index contributed by atoms with van der Waals surface area (Å²) < 4.78 is 40.5. The number of sulfone groups is 1. The standard InChI is InChI=1S/C24H33N5O6S/c1-33-20-8-6-17(21(34-2)22(20)35-3)15-29-11-9-28(10-12-29)14-16-5-7-18(36(4,31)32)13-19(16)23(30)27-24(25)26/h5-8,13H,9-12,14-15H2,1-4H3,(H4,25,26,27,30). The lowest BCUT2D eigenvalue weighted by atomic mass is 10.1. The van der Waals surface area contributed by atoms with Gasteiger partial charge in [0.25, 0.3) is 5.91 Å². The Labute approximate surface area is 211 Å². The maximum atomic E-state index is 12.6. The van der Waals surface area contributed by atoms with Crippen LogP contribution in [0.5, 0.6) is 17.2 Å². The van der Waals surface area contributed by atoms with E-state index in [1.165, 1.54) is 12.1 Å². The normalized spacial score (nSPS) is 14.8. The van der Waals surface area contributed by atoms with E-state index in [-0.39, 0.29) is 16.4 Å². The zero-order valence-electron chi connectivity index (χ0n) is 21.0. The highest BCUT2D eigenvalue weighted by molar-refractivity contribution is 7.90. The number of carbonyl (C=O) groups excluding carboxylic acids is 1. The minimum atomic E-state index is -3.50. The van der Waals surface area contributed by atoms with Crippen molar-refractivity contribution in [2.24, 2.45) is 16.5 Å². The summed E-state index contributed by atoms with van der Waals surface area (Å²) in [6, 6.07) is 8.31. The SMILES string of the molecule is COc1ccc(CN2CCN(Cc3ccc(S(C)(=O)=O)cc3C(=O)N=C(N)N)CC2)c(OC)c1OC. The van der Waals surface area contributed by atoms with Crippen LogP contribution in [-0.4, -0.2) is 83.8 Å². The minimum Gasteiger partial charge on any atom is -0.493 e. The molecule has 1 heterocycles. The van der Waals surface area contributed by atoms with Crippen molar-refractivity contribution in [2.45, 2.75) is 18.0 Å². The summed E-state index contributed by atoms with van der Waals surface area (Å²) in [6.07, 6.45) is 1.09. The smallest absolute Gasteiger partial charge is 0.280 e. The van der Waals surface area contributed by atoms with Gasteiger partial charge in [0.15, 0.2) is 27.3 Å². The average molecular weight is 520 g/mol. The summed E-state index contributed by atoms with van der Waals surface area (Å²) in [7, 11) is 1.27. The van der Waals surface area contributed by atoms with Crippen molar-refractivity contribution in [3.05, 3.63) is 47.0 Å². The molecule has 1 aliphatic rings. The third kappa shape index (κ3) is 6.45. The van der Waals surface area contributed by atoms with Crippen molar-refractivity contribution in [1.29, 1.82) is 0 Å². The first kappa shape index (κ1) is 27.2. The lowest BCUT2D eigenvalue weighted by molar-refractivity contribution is 0.0995. The number of aliphatic imine (C=N–C) groups is 1. The molecule has 1 aliphatic heterocycles. The second-order valence-electron chi connectivity index (χ2n) is 8.48. The number of guanidine groups is 1. The summed E-state index contributed by atoms with van der Waals surface area (Å²) in [5.41, 5.74) is 12.6. The van der Waals surface area contributed by atoms with Crippen LogP contribution in [-0.2, 0) is 22.9 Å². The van der Waals surface area contributed by atoms with Crippen LogP contribution in [0.2, 0.25) is 0 Å². The van der Waals surface area contributed by atoms with E-state index >= 15 is 0 Å². The van der Waals surface area contributed by atoms with Gasteiger partial charge in [-0.15, -0.1) is 0 Å². The van der Waals surface area contributed by atoms with E-state index in [4.69, 9.17) is 25.7 Å². The number of methoxy groups -OCH3 is 3. The van der Waals surface area contributed by atoms with Crippen LogP contribution in [0.3, 0.4) is 0 Å². The number of hydrogen-bond acceptors (Lipinski definition) is 8. The quantitative estimate of drug-likeness (QED) is 0.360. The van der Waals surface area contributed by atoms with Crippen molar-refractivity contribution < 1.29 is 27.4 Å². The van der Waals surface area contributed by atoms with Gasteiger partial charge in [-0.2, -0.15) is 4.99 Å². The van der Waals surface area contributed by atoms with Crippen LogP contribution >= 0.6 is 0 Å².